The van der Waals surface area contributed by atoms with Crippen LogP contribution in [0, 0.1) is 0 Å². The van der Waals surface area contributed by atoms with Crippen molar-refractivity contribution in [2.45, 2.75) is 52.4 Å². The Morgan fingerprint density at radius 3 is 2.85 bits per heavy atom. The van der Waals surface area contributed by atoms with Gasteiger partial charge in [0.2, 0.25) is 0 Å². The van der Waals surface area contributed by atoms with Crippen LogP contribution < -0.4 is 10.2 Å². The Morgan fingerprint density at radius 1 is 1.40 bits per heavy atom. The van der Waals surface area contributed by atoms with E-state index in [1.807, 2.05) is 12.1 Å². The Hall–Kier alpha value is -0.770. The summed E-state index contributed by atoms with van der Waals surface area (Å²) < 4.78 is 5.72. The molecule has 1 aromatic rings. The number of nitrogens with one attached hydrogen (secondary N) is 1. The van der Waals surface area contributed by atoms with Crippen molar-refractivity contribution < 1.29 is 4.74 Å². The third kappa shape index (κ3) is 3.66. The van der Waals surface area contributed by atoms with Gasteiger partial charge < -0.3 is 15.0 Å². The standard InChI is InChI=1S/C16H25ClN2O/c1-11(2)18-8-14-15(17)6-5-7-16(14)19-9-13(4)20-10-12(19)3/h5-7,11-13,18H,8-10H2,1-4H3. The van der Waals surface area contributed by atoms with Gasteiger partial charge in [-0.05, 0) is 26.0 Å². The zero-order chi connectivity index (χ0) is 14.7. The summed E-state index contributed by atoms with van der Waals surface area (Å²) in [5.41, 5.74) is 2.41. The summed E-state index contributed by atoms with van der Waals surface area (Å²) in [6.45, 7) is 11.1. The lowest BCUT2D eigenvalue weighted by Gasteiger charge is -2.39. The number of halogens is 1. The Bertz CT molecular complexity index is 450. The van der Waals surface area contributed by atoms with Crippen LogP contribution in [0.3, 0.4) is 0 Å². The average Bonchev–Trinajstić information content (AvgIpc) is 2.40. The maximum Gasteiger partial charge on any atom is 0.0723 e. The van der Waals surface area contributed by atoms with Crippen molar-refractivity contribution in [1.29, 1.82) is 0 Å². The maximum atomic E-state index is 6.42. The quantitative estimate of drug-likeness (QED) is 0.921. The van der Waals surface area contributed by atoms with E-state index in [1.165, 1.54) is 11.3 Å². The van der Waals surface area contributed by atoms with Crippen LogP contribution in [0.2, 0.25) is 5.02 Å². The van der Waals surface area contributed by atoms with Crippen LogP contribution in [0.5, 0.6) is 0 Å². The topological polar surface area (TPSA) is 24.5 Å². The van der Waals surface area contributed by atoms with E-state index in [0.29, 0.717) is 12.1 Å². The van der Waals surface area contributed by atoms with Crippen LogP contribution >= 0.6 is 11.6 Å². The highest BCUT2D eigenvalue weighted by molar-refractivity contribution is 6.31. The van der Waals surface area contributed by atoms with Gasteiger partial charge in [0.15, 0.2) is 0 Å². The monoisotopic (exact) mass is 296 g/mol. The minimum absolute atomic E-state index is 0.260. The van der Waals surface area contributed by atoms with Crippen molar-refractivity contribution in [2.75, 3.05) is 18.1 Å². The van der Waals surface area contributed by atoms with E-state index >= 15 is 0 Å². The summed E-state index contributed by atoms with van der Waals surface area (Å²) in [5.74, 6) is 0. The van der Waals surface area contributed by atoms with Gasteiger partial charge in [0.25, 0.3) is 0 Å². The molecule has 1 N–H and O–H groups in total. The van der Waals surface area contributed by atoms with Gasteiger partial charge in [0, 0.05) is 41.4 Å². The molecule has 2 atom stereocenters. The molecule has 0 aromatic heterocycles. The highest BCUT2D eigenvalue weighted by atomic mass is 35.5. The molecular weight excluding hydrogens is 272 g/mol. The molecule has 112 valence electrons. The first-order chi connectivity index (χ1) is 9.49. The molecule has 0 spiro atoms. The summed E-state index contributed by atoms with van der Waals surface area (Å²) in [6.07, 6.45) is 0.260. The largest absolute Gasteiger partial charge is 0.375 e. The second-order valence-corrected chi connectivity index (χ2v) is 6.33. The van der Waals surface area contributed by atoms with Crippen LogP contribution in [0.15, 0.2) is 18.2 Å². The molecular formula is C16H25ClN2O. The second kappa shape index (κ2) is 6.79. The zero-order valence-corrected chi connectivity index (χ0v) is 13.6. The molecule has 0 radical (unpaired) electrons. The van der Waals surface area contributed by atoms with Crippen molar-refractivity contribution in [3.05, 3.63) is 28.8 Å². The summed E-state index contributed by atoms with van der Waals surface area (Å²) in [5, 5.41) is 4.30. The lowest BCUT2D eigenvalue weighted by atomic mass is 10.1. The minimum atomic E-state index is 0.260. The van der Waals surface area contributed by atoms with Crippen LogP contribution in [0.25, 0.3) is 0 Å². The lowest BCUT2D eigenvalue weighted by molar-refractivity contribution is 0.0343. The van der Waals surface area contributed by atoms with E-state index in [-0.39, 0.29) is 6.10 Å². The number of hydrogen-bond donors (Lipinski definition) is 1. The molecule has 1 aromatic carbocycles. The third-order valence-electron chi connectivity index (χ3n) is 3.70. The molecule has 1 aliphatic heterocycles. The number of nitrogens with zero attached hydrogens (tertiary/aromatic N) is 1. The second-order valence-electron chi connectivity index (χ2n) is 5.92. The Kier molecular flexibility index (Phi) is 5.30. The molecule has 0 bridgehead atoms. The van der Waals surface area contributed by atoms with Gasteiger partial charge in [-0.1, -0.05) is 31.5 Å². The van der Waals surface area contributed by atoms with Crippen LogP contribution in [0.4, 0.5) is 5.69 Å². The molecule has 1 fully saturated rings. The van der Waals surface area contributed by atoms with E-state index in [2.05, 4.69) is 44.0 Å². The van der Waals surface area contributed by atoms with Gasteiger partial charge in [-0.25, -0.2) is 0 Å². The molecule has 2 rings (SSSR count). The normalized spacial score (nSPS) is 23.4. The fraction of sp³-hybridized carbons (Fsp3) is 0.625. The summed E-state index contributed by atoms with van der Waals surface area (Å²) in [7, 11) is 0. The van der Waals surface area contributed by atoms with E-state index in [4.69, 9.17) is 16.3 Å². The van der Waals surface area contributed by atoms with Crippen LogP contribution in [-0.4, -0.2) is 31.3 Å². The van der Waals surface area contributed by atoms with Gasteiger partial charge in [0.1, 0.15) is 0 Å². The Morgan fingerprint density at radius 2 is 2.15 bits per heavy atom. The maximum absolute atomic E-state index is 6.42. The first-order valence-electron chi connectivity index (χ1n) is 7.38. The highest BCUT2D eigenvalue weighted by Crippen LogP contribution is 2.30. The lowest BCUT2D eigenvalue weighted by Crippen LogP contribution is -2.48. The smallest absolute Gasteiger partial charge is 0.0723 e. The fourth-order valence-corrected chi connectivity index (χ4v) is 2.77. The summed E-state index contributed by atoms with van der Waals surface area (Å²) in [4.78, 5) is 2.41. The zero-order valence-electron chi connectivity index (χ0n) is 12.8. The molecule has 0 aliphatic carbocycles. The Labute approximate surface area is 127 Å². The number of morpholine rings is 1. The average molecular weight is 297 g/mol. The molecule has 1 heterocycles. The molecule has 1 aliphatic rings. The van der Waals surface area contributed by atoms with E-state index in [0.717, 1.165) is 24.7 Å². The number of benzene rings is 1. The molecule has 0 saturated carbocycles. The van der Waals surface area contributed by atoms with Gasteiger partial charge in [0.05, 0.1) is 12.7 Å². The molecule has 20 heavy (non-hydrogen) atoms. The van der Waals surface area contributed by atoms with Crippen LogP contribution in [-0.2, 0) is 11.3 Å². The van der Waals surface area contributed by atoms with Crippen molar-refractivity contribution in [3.63, 3.8) is 0 Å². The highest BCUT2D eigenvalue weighted by Gasteiger charge is 2.25. The molecule has 0 amide bonds. The van der Waals surface area contributed by atoms with E-state index in [1.54, 1.807) is 0 Å². The van der Waals surface area contributed by atoms with Gasteiger partial charge >= 0.3 is 0 Å². The predicted octanol–water partition coefficient (Wildman–Crippen LogP) is 3.45. The summed E-state index contributed by atoms with van der Waals surface area (Å²) >= 11 is 6.42. The molecule has 3 nitrogen and oxygen atoms in total. The number of anilines is 1. The molecule has 1 saturated heterocycles. The van der Waals surface area contributed by atoms with Crippen molar-refractivity contribution in [1.82, 2.24) is 5.32 Å². The number of hydrogen-bond acceptors (Lipinski definition) is 3. The first kappa shape index (κ1) is 15.6. The van der Waals surface area contributed by atoms with E-state index < -0.39 is 0 Å². The van der Waals surface area contributed by atoms with E-state index in [9.17, 15) is 0 Å². The van der Waals surface area contributed by atoms with Gasteiger partial charge in [-0.2, -0.15) is 0 Å². The minimum Gasteiger partial charge on any atom is -0.375 e. The first-order valence-corrected chi connectivity index (χ1v) is 7.76. The number of rotatable bonds is 4. The van der Waals surface area contributed by atoms with Crippen molar-refractivity contribution in [3.8, 4) is 0 Å². The SMILES string of the molecule is CC(C)NCc1c(Cl)cccc1N1CC(C)OCC1C. The fourth-order valence-electron chi connectivity index (χ4n) is 2.54. The van der Waals surface area contributed by atoms with Crippen molar-refractivity contribution >= 4 is 17.3 Å². The van der Waals surface area contributed by atoms with Gasteiger partial charge in [-0.15, -0.1) is 0 Å². The third-order valence-corrected chi connectivity index (χ3v) is 4.05. The van der Waals surface area contributed by atoms with Crippen LogP contribution in [0.1, 0.15) is 33.3 Å². The van der Waals surface area contributed by atoms with Gasteiger partial charge in [-0.3, -0.25) is 0 Å². The predicted molar refractivity (Wildman–Crippen MR) is 85.6 cm³/mol. The van der Waals surface area contributed by atoms with Crippen molar-refractivity contribution in [2.24, 2.45) is 0 Å². The summed E-state index contributed by atoms with van der Waals surface area (Å²) in [6, 6.07) is 6.99. The molecule has 2 unspecified atom stereocenters. The number of ether oxygens (including phenoxy) is 1. The molecule has 4 heteroatoms. The Balaban J connectivity index is 2.27.